The largest absolute Gasteiger partial charge is 0.316 e. The van der Waals surface area contributed by atoms with E-state index in [-0.39, 0.29) is 0 Å². The van der Waals surface area contributed by atoms with Gasteiger partial charge >= 0.3 is 0 Å². The van der Waals surface area contributed by atoms with Crippen molar-refractivity contribution in [3.63, 3.8) is 0 Å². The summed E-state index contributed by atoms with van der Waals surface area (Å²) in [6, 6.07) is 0. The zero-order valence-corrected chi connectivity index (χ0v) is 9.84. The molecular formula is C12H24N2. The molecule has 2 fully saturated rings. The fourth-order valence-electron chi connectivity index (χ4n) is 2.89. The van der Waals surface area contributed by atoms with Gasteiger partial charge in [-0.15, -0.1) is 0 Å². The fraction of sp³-hybridized carbons (Fsp3) is 1.00. The van der Waals surface area contributed by atoms with Crippen LogP contribution in [0.25, 0.3) is 0 Å². The van der Waals surface area contributed by atoms with E-state index in [1.807, 2.05) is 0 Å². The summed E-state index contributed by atoms with van der Waals surface area (Å²) in [6.45, 7) is 12.1. The summed E-state index contributed by atoms with van der Waals surface area (Å²) < 4.78 is 0. The maximum Gasteiger partial charge on any atom is 0.0125 e. The molecule has 2 atom stereocenters. The van der Waals surface area contributed by atoms with Crippen molar-refractivity contribution in [3.8, 4) is 0 Å². The molecule has 0 saturated carbocycles. The highest BCUT2D eigenvalue weighted by molar-refractivity contribution is 4.88. The lowest BCUT2D eigenvalue weighted by Gasteiger charge is -2.34. The van der Waals surface area contributed by atoms with Crippen molar-refractivity contribution in [1.29, 1.82) is 0 Å². The van der Waals surface area contributed by atoms with E-state index in [0.717, 1.165) is 11.8 Å². The van der Waals surface area contributed by atoms with Crippen LogP contribution in [0.3, 0.4) is 0 Å². The Kier molecular flexibility index (Phi) is 2.85. The molecule has 2 aliphatic rings. The molecule has 0 spiro atoms. The molecule has 2 aliphatic heterocycles. The highest BCUT2D eigenvalue weighted by Crippen LogP contribution is 2.29. The van der Waals surface area contributed by atoms with Crippen LogP contribution < -0.4 is 5.32 Å². The summed E-state index contributed by atoms with van der Waals surface area (Å²) in [5.41, 5.74) is 0.367. The maximum absolute atomic E-state index is 3.53. The minimum atomic E-state index is 0.367. The molecule has 2 heterocycles. The van der Waals surface area contributed by atoms with Crippen molar-refractivity contribution >= 4 is 0 Å². The standard InChI is InChI=1S/C12H24N2/c1-12(2,3)14-6-4-10-8-13-9-11(10)5-7-14/h10-11,13H,4-9H2,1-3H3. The molecule has 2 saturated heterocycles. The molecule has 0 amide bonds. The molecule has 2 heteroatoms. The Bertz CT molecular complexity index is 181. The number of hydrogen-bond donors (Lipinski definition) is 1. The molecule has 0 bridgehead atoms. The second-order valence-corrected chi connectivity index (χ2v) is 5.91. The first kappa shape index (κ1) is 10.4. The zero-order valence-electron chi connectivity index (χ0n) is 9.84. The quantitative estimate of drug-likeness (QED) is 0.634. The third-order valence-corrected chi connectivity index (χ3v) is 3.97. The number of likely N-dealkylation sites (tertiary alicyclic amines) is 1. The molecule has 0 aromatic rings. The molecule has 2 rings (SSSR count). The van der Waals surface area contributed by atoms with Gasteiger partial charge in [0, 0.05) is 5.54 Å². The van der Waals surface area contributed by atoms with Crippen LogP contribution in [-0.2, 0) is 0 Å². The second-order valence-electron chi connectivity index (χ2n) is 5.91. The van der Waals surface area contributed by atoms with Gasteiger partial charge in [0.25, 0.3) is 0 Å². The Labute approximate surface area is 88.1 Å². The Morgan fingerprint density at radius 1 is 1.00 bits per heavy atom. The van der Waals surface area contributed by atoms with Crippen LogP contribution in [0.5, 0.6) is 0 Å². The molecule has 1 N–H and O–H groups in total. The maximum atomic E-state index is 3.53. The average Bonchev–Trinajstić information content (AvgIpc) is 2.42. The molecule has 2 nitrogen and oxygen atoms in total. The molecule has 82 valence electrons. The van der Waals surface area contributed by atoms with E-state index in [4.69, 9.17) is 0 Å². The van der Waals surface area contributed by atoms with Crippen LogP contribution in [0.15, 0.2) is 0 Å². The van der Waals surface area contributed by atoms with Crippen molar-refractivity contribution in [2.24, 2.45) is 11.8 Å². The summed E-state index contributed by atoms with van der Waals surface area (Å²) in [6.07, 6.45) is 2.80. The summed E-state index contributed by atoms with van der Waals surface area (Å²) in [5, 5.41) is 3.53. The number of fused-ring (bicyclic) bond motifs is 1. The Hall–Kier alpha value is -0.0800. The van der Waals surface area contributed by atoms with Gasteiger partial charge in [-0.05, 0) is 71.6 Å². The Morgan fingerprint density at radius 3 is 1.93 bits per heavy atom. The van der Waals surface area contributed by atoms with E-state index in [1.54, 1.807) is 0 Å². The molecule has 14 heavy (non-hydrogen) atoms. The van der Waals surface area contributed by atoms with Crippen LogP contribution in [-0.4, -0.2) is 36.6 Å². The molecule has 0 aromatic carbocycles. The minimum absolute atomic E-state index is 0.367. The van der Waals surface area contributed by atoms with Crippen LogP contribution >= 0.6 is 0 Å². The van der Waals surface area contributed by atoms with Gasteiger partial charge in [0.2, 0.25) is 0 Å². The minimum Gasteiger partial charge on any atom is -0.316 e. The van der Waals surface area contributed by atoms with E-state index in [1.165, 1.54) is 39.0 Å². The predicted octanol–water partition coefficient (Wildman–Crippen LogP) is 1.72. The predicted molar refractivity (Wildman–Crippen MR) is 60.4 cm³/mol. The van der Waals surface area contributed by atoms with Crippen LogP contribution in [0, 0.1) is 11.8 Å². The SMILES string of the molecule is CC(C)(C)N1CCC2CNCC2CC1. The van der Waals surface area contributed by atoms with E-state index in [9.17, 15) is 0 Å². The van der Waals surface area contributed by atoms with Gasteiger partial charge in [0.15, 0.2) is 0 Å². The zero-order chi connectivity index (χ0) is 10.2. The van der Waals surface area contributed by atoms with Gasteiger partial charge in [0.1, 0.15) is 0 Å². The summed E-state index contributed by atoms with van der Waals surface area (Å²) in [7, 11) is 0. The second kappa shape index (κ2) is 3.82. The van der Waals surface area contributed by atoms with E-state index >= 15 is 0 Å². The van der Waals surface area contributed by atoms with E-state index < -0.39 is 0 Å². The highest BCUT2D eigenvalue weighted by atomic mass is 15.2. The van der Waals surface area contributed by atoms with Crippen LogP contribution in [0.2, 0.25) is 0 Å². The van der Waals surface area contributed by atoms with E-state index in [0.29, 0.717) is 5.54 Å². The number of nitrogens with zero attached hydrogens (tertiary/aromatic N) is 1. The van der Waals surface area contributed by atoms with Gasteiger partial charge < -0.3 is 5.32 Å². The summed E-state index contributed by atoms with van der Waals surface area (Å²) in [4.78, 5) is 2.66. The third-order valence-electron chi connectivity index (χ3n) is 3.97. The van der Waals surface area contributed by atoms with Crippen molar-refractivity contribution in [2.45, 2.75) is 39.2 Å². The lowest BCUT2D eigenvalue weighted by atomic mass is 9.92. The lowest BCUT2D eigenvalue weighted by Crippen LogP contribution is -2.42. The number of rotatable bonds is 0. The van der Waals surface area contributed by atoms with Crippen molar-refractivity contribution < 1.29 is 0 Å². The molecule has 0 radical (unpaired) electrons. The number of hydrogen-bond acceptors (Lipinski definition) is 2. The fourth-order valence-corrected chi connectivity index (χ4v) is 2.89. The Morgan fingerprint density at radius 2 is 1.50 bits per heavy atom. The monoisotopic (exact) mass is 196 g/mol. The normalized spacial score (nSPS) is 35.4. The van der Waals surface area contributed by atoms with Crippen LogP contribution in [0.4, 0.5) is 0 Å². The first-order valence-electron chi connectivity index (χ1n) is 6.03. The van der Waals surface area contributed by atoms with Gasteiger partial charge in [-0.25, -0.2) is 0 Å². The van der Waals surface area contributed by atoms with Crippen molar-refractivity contribution in [1.82, 2.24) is 10.2 Å². The third kappa shape index (κ3) is 2.12. The van der Waals surface area contributed by atoms with Gasteiger partial charge in [-0.1, -0.05) is 0 Å². The number of nitrogens with one attached hydrogen (secondary N) is 1. The van der Waals surface area contributed by atoms with Gasteiger partial charge in [-0.3, -0.25) is 4.90 Å². The van der Waals surface area contributed by atoms with E-state index in [2.05, 4.69) is 31.0 Å². The average molecular weight is 196 g/mol. The first-order valence-corrected chi connectivity index (χ1v) is 6.03. The van der Waals surface area contributed by atoms with Crippen molar-refractivity contribution in [3.05, 3.63) is 0 Å². The Balaban J connectivity index is 1.96. The lowest BCUT2D eigenvalue weighted by molar-refractivity contribution is 0.139. The summed E-state index contributed by atoms with van der Waals surface area (Å²) >= 11 is 0. The smallest absolute Gasteiger partial charge is 0.0125 e. The molecule has 2 unspecified atom stereocenters. The summed E-state index contributed by atoms with van der Waals surface area (Å²) in [5.74, 6) is 1.92. The van der Waals surface area contributed by atoms with Crippen molar-refractivity contribution in [2.75, 3.05) is 26.2 Å². The topological polar surface area (TPSA) is 15.3 Å². The highest BCUT2D eigenvalue weighted by Gasteiger charge is 2.32. The van der Waals surface area contributed by atoms with Gasteiger partial charge in [0.05, 0.1) is 0 Å². The molecular weight excluding hydrogens is 172 g/mol. The van der Waals surface area contributed by atoms with Crippen LogP contribution in [0.1, 0.15) is 33.6 Å². The first-order chi connectivity index (χ1) is 6.57. The van der Waals surface area contributed by atoms with Gasteiger partial charge in [-0.2, -0.15) is 0 Å². The molecule has 0 aromatic heterocycles. The molecule has 0 aliphatic carbocycles.